The van der Waals surface area contributed by atoms with E-state index in [9.17, 15) is 0 Å². The lowest BCUT2D eigenvalue weighted by Gasteiger charge is -2.01. The Kier molecular flexibility index (Phi) is 2.04. The first kappa shape index (κ1) is 10.8. The fraction of sp³-hybridized carbons (Fsp3) is 0. The molecule has 3 heteroatoms. The van der Waals surface area contributed by atoms with Gasteiger partial charge in [-0.25, -0.2) is 0 Å². The lowest BCUT2D eigenvalue weighted by Crippen LogP contribution is -2.20. The largest absolute Gasteiger partial charge is 0.237 e. The molecule has 0 aliphatic heterocycles. The molecule has 0 amide bonds. The summed E-state index contributed by atoms with van der Waals surface area (Å²) < 4.78 is 4.98. The van der Waals surface area contributed by atoms with E-state index in [-0.39, 0.29) is 0 Å². The Morgan fingerprint density at radius 1 is 0.750 bits per heavy atom. The van der Waals surface area contributed by atoms with Crippen molar-refractivity contribution in [2.75, 3.05) is 0 Å². The molecule has 1 aromatic carbocycles. The van der Waals surface area contributed by atoms with Crippen molar-refractivity contribution in [1.82, 2.24) is 0 Å². The molecule has 0 radical (unpaired) electrons. The summed E-state index contributed by atoms with van der Waals surface area (Å²) in [7, 11) is 0. The summed E-state index contributed by atoms with van der Waals surface area (Å²) in [4.78, 5) is 0. The van der Waals surface area contributed by atoms with E-state index in [1.54, 1.807) is 0 Å². The van der Waals surface area contributed by atoms with Gasteiger partial charge in [0, 0.05) is 27.6 Å². The smallest absolute Gasteiger partial charge is 0.165 e. The Morgan fingerprint density at radius 3 is 2.55 bits per heavy atom. The summed E-state index contributed by atoms with van der Waals surface area (Å²) in [6, 6.07) is 13.3. The van der Waals surface area contributed by atoms with Crippen molar-refractivity contribution in [3.63, 3.8) is 0 Å². The quantitative estimate of drug-likeness (QED) is 0.279. The third-order valence-electron chi connectivity index (χ3n) is 3.90. The molecule has 0 aliphatic carbocycles. The first-order valence-corrected chi connectivity index (χ1v) is 8.28. The number of aromatic nitrogens is 1. The predicted molar refractivity (Wildman–Crippen MR) is 87.9 cm³/mol. The minimum Gasteiger partial charge on any atom is -0.165 e. The Morgan fingerprint density at radius 2 is 1.60 bits per heavy atom. The molecule has 0 fully saturated rings. The zero-order valence-corrected chi connectivity index (χ0v) is 12.2. The summed E-state index contributed by atoms with van der Waals surface area (Å²) in [6.45, 7) is 0. The molecule has 4 heterocycles. The van der Waals surface area contributed by atoms with Gasteiger partial charge in [0.25, 0.3) is 0 Å². The number of benzene rings is 1. The highest BCUT2D eigenvalue weighted by atomic mass is 32.1. The number of nitrogens with zero attached hydrogens (tertiary/aromatic N) is 1. The number of hydrogen-bond donors (Lipinski definition) is 0. The van der Waals surface area contributed by atoms with Crippen LogP contribution in [0.15, 0.2) is 59.6 Å². The van der Waals surface area contributed by atoms with Crippen molar-refractivity contribution < 1.29 is 4.40 Å². The van der Waals surface area contributed by atoms with E-state index in [1.807, 2.05) is 22.7 Å². The van der Waals surface area contributed by atoms with Gasteiger partial charge >= 0.3 is 0 Å². The molecule has 5 aromatic rings. The zero-order chi connectivity index (χ0) is 13.1. The standard InChI is InChI=1S/C17H10NS2/c1-2-14-13(6-10-19-14)15-11(1)3-7-18-8-4-12-5-9-20-17(12)16(15)18/h1-10H/q+1. The molecule has 0 bridgehead atoms. The molecule has 94 valence electrons. The van der Waals surface area contributed by atoms with Crippen molar-refractivity contribution >= 4 is 59.1 Å². The van der Waals surface area contributed by atoms with Crippen LogP contribution in [0.25, 0.3) is 36.5 Å². The molecule has 1 nitrogen and oxygen atoms in total. The van der Waals surface area contributed by atoms with Gasteiger partial charge in [-0.3, -0.25) is 0 Å². The SMILES string of the molecule is c1cc2c(ccc3cc[n+]4ccc5ccsc5c4c32)s1. The van der Waals surface area contributed by atoms with Gasteiger partial charge in [-0.05, 0) is 34.3 Å². The van der Waals surface area contributed by atoms with Crippen LogP contribution in [-0.2, 0) is 0 Å². The minimum atomic E-state index is 1.32. The Bertz CT molecular complexity index is 1010. The first-order valence-electron chi connectivity index (χ1n) is 6.52. The van der Waals surface area contributed by atoms with Crippen LogP contribution in [0, 0.1) is 0 Å². The molecule has 4 aromatic heterocycles. The van der Waals surface area contributed by atoms with Gasteiger partial charge in [0.1, 0.15) is 4.70 Å². The van der Waals surface area contributed by atoms with Crippen LogP contribution in [0.1, 0.15) is 0 Å². The second-order valence-corrected chi connectivity index (χ2v) is 6.82. The van der Waals surface area contributed by atoms with Crippen molar-refractivity contribution in [3.05, 3.63) is 59.6 Å². The van der Waals surface area contributed by atoms with Crippen LogP contribution in [0.3, 0.4) is 0 Å². The highest BCUT2D eigenvalue weighted by molar-refractivity contribution is 7.18. The highest BCUT2D eigenvalue weighted by Gasteiger charge is 2.15. The van der Waals surface area contributed by atoms with Crippen LogP contribution in [0.5, 0.6) is 0 Å². The maximum atomic E-state index is 2.25. The summed E-state index contributed by atoms with van der Waals surface area (Å²) in [5.74, 6) is 0. The lowest BCUT2D eigenvalue weighted by atomic mass is 10.1. The summed E-state index contributed by atoms with van der Waals surface area (Å²) in [5.41, 5.74) is 1.33. The van der Waals surface area contributed by atoms with E-state index in [2.05, 4.69) is 64.0 Å². The van der Waals surface area contributed by atoms with Crippen LogP contribution >= 0.6 is 22.7 Å². The predicted octanol–water partition coefficient (Wildman–Crippen LogP) is 5.01. The van der Waals surface area contributed by atoms with E-state index in [0.29, 0.717) is 0 Å². The van der Waals surface area contributed by atoms with Crippen molar-refractivity contribution in [2.45, 2.75) is 0 Å². The number of thiophene rings is 2. The van der Waals surface area contributed by atoms with Crippen molar-refractivity contribution in [1.29, 1.82) is 0 Å². The highest BCUT2D eigenvalue weighted by Crippen LogP contribution is 2.34. The molecule has 20 heavy (non-hydrogen) atoms. The maximum absolute atomic E-state index is 2.25. The maximum Gasteiger partial charge on any atom is 0.237 e. The number of pyridine rings is 2. The molecule has 0 atom stereocenters. The second-order valence-electron chi connectivity index (χ2n) is 4.95. The van der Waals surface area contributed by atoms with Crippen LogP contribution in [0.2, 0.25) is 0 Å². The molecule has 0 N–H and O–H groups in total. The normalized spacial score (nSPS) is 12.0. The van der Waals surface area contributed by atoms with E-state index >= 15 is 0 Å². The monoisotopic (exact) mass is 292 g/mol. The minimum absolute atomic E-state index is 1.32. The van der Waals surface area contributed by atoms with Gasteiger partial charge in [0.2, 0.25) is 5.52 Å². The first-order chi connectivity index (χ1) is 9.92. The fourth-order valence-corrected chi connectivity index (χ4v) is 4.72. The number of rotatable bonds is 0. The summed E-state index contributed by atoms with van der Waals surface area (Å²) >= 11 is 3.64. The molecule has 0 aliphatic rings. The summed E-state index contributed by atoms with van der Waals surface area (Å²) in [5, 5.41) is 9.75. The lowest BCUT2D eigenvalue weighted by molar-refractivity contribution is -0.509. The Hall–Kier alpha value is -1.97. The van der Waals surface area contributed by atoms with E-state index < -0.39 is 0 Å². The van der Waals surface area contributed by atoms with Gasteiger partial charge in [-0.15, -0.1) is 22.7 Å². The second kappa shape index (κ2) is 3.78. The Labute approximate surface area is 123 Å². The van der Waals surface area contributed by atoms with Gasteiger partial charge < -0.3 is 0 Å². The topological polar surface area (TPSA) is 4.10 Å². The molecule has 0 spiro atoms. The number of hydrogen-bond acceptors (Lipinski definition) is 2. The average Bonchev–Trinajstić information content (AvgIpc) is 3.14. The zero-order valence-electron chi connectivity index (χ0n) is 10.5. The van der Waals surface area contributed by atoms with E-state index in [1.165, 1.54) is 36.5 Å². The molecule has 0 unspecified atom stereocenters. The average molecular weight is 292 g/mol. The van der Waals surface area contributed by atoms with Crippen LogP contribution in [0.4, 0.5) is 0 Å². The van der Waals surface area contributed by atoms with E-state index in [0.717, 1.165) is 0 Å². The number of fused-ring (bicyclic) bond motifs is 7. The van der Waals surface area contributed by atoms with Crippen LogP contribution in [-0.4, -0.2) is 0 Å². The Balaban J connectivity index is 2.23. The molecule has 0 saturated carbocycles. The van der Waals surface area contributed by atoms with Gasteiger partial charge in [0.05, 0.1) is 5.39 Å². The third kappa shape index (κ3) is 1.29. The molecule has 0 saturated heterocycles. The third-order valence-corrected chi connectivity index (χ3v) is 5.72. The van der Waals surface area contributed by atoms with Crippen LogP contribution < -0.4 is 4.40 Å². The van der Waals surface area contributed by atoms with Gasteiger partial charge in [-0.1, -0.05) is 6.07 Å². The van der Waals surface area contributed by atoms with Gasteiger partial charge in [0.15, 0.2) is 12.4 Å². The molecular weight excluding hydrogens is 282 g/mol. The summed E-state index contributed by atoms with van der Waals surface area (Å²) in [6.07, 6.45) is 4.32. The molecular formula is C17H10NS2+. The van der Waals surface area contributed by atoms with E-state index in [4.69, 9.17) is 0 Å². The van der Waals surface area contributed by atoms with Crippen molar-refractivity contribution in [3.8, 4) is 0 Å². The molecule has 5 rings (SSSR count). The van der Waals surface area contributed by atoms with Crippen molar-refractivity contribution in [2.24, 2.45) is 0 Å². The van der Waals surface area contributed by atoms with Gasteiger partial charge in [-0.2, -0.15) is 4.40 Å². The fourth-order valence-electron chi connectivity index (χ4n) is 2.99.